The lowest BCUT2D eigenvalue weighted by Crippen LogP contribution is -2.26. The normalized spacial score (nSPS) is 13.6. The first-order chi connectivity index (χ1) is 12.5. The van der Waals surface area contributed by atoms with Gasteiger partial charge in [0, 0.05) is 18.7 Å². The fraction of sp³-hybridized carbons (Fsp3) is 0.188. The molecule has 1 aliphatic rings. The molecule has 0 bridgehead atoms. The Bertz CT molecular complexity index is 1060. The first-order valence-electron chi connectivity index (χ1n) is 7.80. The fourth-order valence-corrected chi connectivity index (χ4v) is 4.34. The molecule has 0 aliphatic carbocycles. The minimum Gasteiger partial charge on any atom is -0.339 e. The van der Waals surface area contributed by atoms with Gasteiger partial charge in [-0.3, -0.25) is 4.79 Å². The number of aromatic nitrogens is 2. The predicted molar refractivity (Wildman–Crippen MR) is 95.3 cm³/mol. The number of carbonyl (C=O) groups excluding carboxylic acids is 1. The molecule has 8 nitrogen and oxygen atoms in total. The average Bonchev–Trinajstić information content (AvgIpc) is 3.33. The second-order valence-electron chi connectivity index (χ2n) is 5.68. The monoisotopic (exact) mass is 390 g/mol. The van der Waals surface area contributed by atoms with E-state index in [0.717, 1.165) is 4.88 Å². The fourth-order valence-electron chi connectivity index (χ4n) is 2.61. The number of hydrogen-bond acceptors (Lipinski definition) is 7. The van der Waals surface area contributed by atoms with Gasteiger partial charge in [-0.25, -0.2) is 13.1 Å². The van der Waals surface area contributed by atoms with Crippen LogP contribution in [0.5, 0.6) is 0 Å². The minimum atomic E-state index is -3.68. The molecule has 134 valence electrons. The number of thiophene rings is 1. The first-order valence-corrected chi connectivity index (χ1v) is 10.2. The van der Waals surface area contributed by atoms with Crippen LogP contribution in [0.4, 0.5) is 5.69 Å². The quantitative estimate of drug-likeness (QED) is 0.663. The SMILES string of the molecule is O=C1Cc2cc(S(=O)(=O)NCCc3nc(-c4cccs4)no3)ccc2N1. The van der Waals surface area contributed by atoms with Crippen LogP contribution in [0, 0.1) is 0 Å². The Balaban J connectivity index is 1.40. The standard InChI is InChI=1S/C16H14N4O4S2/c21-14-9-10-8-11(3-4-12(10)18-14)26(22,23)17-6-5-15-19-16(20-24-15)13-2-1-7-25-13/h1-4,7-8,17H,5-6,9H2,(H,18,21). The number of benzene rings is 1. The number of nitrogens with zero attached hydrogens (tertiary/aromatic N) is 2. The lowest BCUT2D eigenvalue weighted by Gasteiger charge is -2.07. The predicted octanol–water partition coefficient (Wildman–Crippen LogP) is 1.81. The molecule has 10 heteroatoms. The van der Waals surface area contributed by atoms with Gasteiger partial charge in [-0.15, -0.1) is 11.3 Å². The lowest BCUT2D eigenvalue weighted by molar-refractivity contribution is -0.115. The maximum atomic E-state index is 12.4. The molecule has 0 unspecified atom stereocenters. The number of hydrogen-bond donors (Lipinski definition) is 2. The minimum absolute atomic E-state index is 0.123. The molecule has 0 saturated carbocycles. The van der Waals surface area contributed by atoms with E-state index in [0.29, 0.717) is 23.0 Å². The number of sulfonamides is 1. The summed E-state index contributed by atoms with van der Waals surface area (Å²) in [4.78, 5) is 16.6. The third-order valence-corrected chi connectivity index (χ3v) is 6.18. The Hall–Kier alpha value is -2.56. The van der Waals surface area contributed by atoms with Gasteiger partial charge in [0.25, 0.3) is 0 Å². The van der Waals surface area contributed by atoms with Crippen LogP contribution in [0.1, 0.15) is 11.5 Å². The highest BCUT2D eigenvalue weighted by Gasteiger charge is 2.21. The van der Waals surface area contributed by atoms with Crippen molar-refractivity contribution < 1.29 is 17.7 Å². The molecule has 0 fully saturated rings. The Morgan fingerprint density at radius 2 is 2.19 bits per heavy atom. The van der Waals surface area contributed by atoms with E-state index in [2.05, 4.69) is 20.2 Å². The third kappa shape index (κ3) is 3.39. The second kappa shape index (κ2) is 6.63. The number of nitrogens with one attached hydrogen (secondary N) is 2. The van der Waals surface area contributed by atoms with Gasteiger partial charge in [0.05, 0.1) is 16.2 Å². The van der Waals surface area contributed by atoms with Gasteiger partial charge in [0.1, 0.15) is 0 Å². The van der Waals surface area contributed by atoms with Crippen LogP contribution in [0.3, 0.4) is 0 Å². The summed E-state index contributed by atoms with van der Waals surface area (Å²) in [6.45, 7) is 0.128. The summed E-state index contributed by atoms with van der Waals surface area (Å²) in [5, 5.41) is 8.48. The summed E-state index contributed by atoms with van der Waals surface area (Å²) in [6.07, 6.45) is 0.467. The van der Waals surface area contributed by atoms with Crippen molar-refractivity contribution in [2.45, 2.75) is 17.7 Å². The van der Waals surface area contributed by atoms with Crippen molar-refractivity contribution in [1.29, 1.82) is 0 Å². The third-order valence-electron chi connectivity index (χ3n) is 3.85. The number of fused-ring (bicyclic) bond motifs is 1. The van der Waals surface area contributed by atoms with Crippen LogP contribution in [0.2, 0.25) is 0 Å². The zero-order valence-corrected chi connectivity index (χ0v) is 15.1. The molecule has 0 saturated heterocycles. The van der Waals surface area contributed by atoms with E-state index < -0.39 is 10.0 Å². The van der Waals surface area contributed by atoms with Crippen LogP contribution < -0.4 is 10.0 Å². The van der Waals surface area contributed by atoms with Crippen LogP contribution in [0.15, 0.2) is 45.1 Å². The van der Waals surface area contributed by atoms with Crippen LogP contribution in [0.25, 0.3) is 10.7 Å². The molecule has 0 spiro atoms. The molecular weight excluding hydrogens is 376 g/mol. The largest absolute Gasteiger partial charge is 0.339 e. The maximum Gasteiger partial charge on any atom is 0.240 e. The van der Waals surface area contributed by atoms with Gasteiger partial charge in [-0.05, 0) is 35.2 Å². The Kier molecular flexibility index (Phi) is 4.31. The molecule has 2 aromatic heterocycles. The Labute approximate surface area is 153 Å². The molecule has 1 aromatic carbocycles. The number of amides is 1. The van der Waals surface area contributed by atoms with Gasteiger partial charge in [-0.1, -0.05) is 11.2 Å². The van der Waals surface area contributed by atoms with E-state index in [1.54, 1.807) is 6.07 Å². The summed E-state index contributed by atoms with van der Waals surface area (Å²) >= 11 is 1.50. The van der Waals surface area contributed by atoms with Crippen molar-refractivity contribution in [2.24, 2.45) is 0 Å². The molecule has 1 amide bonds. The molecule has 3 heterocycles. The number of carbonyl (C=O) groups is 1. The van der Waals surface area contributed by atoms with Crippen molar-refractivity contribution in [2.75, 3.05) is 11.9 Å². The van der Waals surface area contributed by atoms with Gasteiger partial charge in [-0.2, -0.15) is 4.98 Å². The van der Waals surface area contributed by atoms with Crippen molar-refractivity contribution in [3.05, 3.63) is 47.2 Å². The molecule has 3 aromatic rings. The topological polar surface area (TPSA) is 114 Å². The van der Waals surface area contributed by atoms with E-state index in [9.17, 15) is 13.2 Å². The van der Waals surface area contributed by atoms with E-state index in [1.165, 1.54) is 23.5 Å². The van der Waals surface area contributed by atoms with Crippen molar-refractivity contribution >= 4 is 33.0 Å². The molecule has 4 rings (SSSR count). The number of anilines is 1. The van der Waals surface area contributed by atoms with Crippen molar-refractivity contribution in [1.82, 2.24) is 14.9 Å². The molecule has 0 radical (unpaired) electrons. The van der Waals surface area contributed by atoms with Crippen molar-refractivity contribution in [3.63, 3.8) is 0 Å². The first kappa shape index (κ1) is 16.9. The second-order valence-corrected chi connectivity index (χ2v) is 8.40. The smallest absolute Gasteiger partial charge is 0.240 e. The average molecular weight is 390 g/mol. The lowest BCUT2D eigenvalue weighted by atomic mass is 10.2. The van der Waals surface area contributed by atoms with Gasteiger partial charge in [0.15, 0.2) is 0 Å². The van der Waals surface area contributed by atoms with Crippen LogP contribution in [-0.4, -0.2) is 31.0 Å². The van der Waals surface area contributed by atoms with E-state index in [1.807, 2.05) is 17.5 Å². The summed E-state index contributed by atoms with van der Waals surface area (Å²) in [7, 11) is -3.68. The molecule has 2 N–H and O–H groups in total. The Morgan fingerprint density at radius 3 is 3.00 bits per heavy atom. The van der Waals surface area contributed by atoms with Gasteiger partial charge < -0.3 is 9.84 Å². The summed E-state index contributed by atoms with van der Waals surface area (Å²) in [5.41, 5.74) is 1.33. The van der Waals surface area contributed by atoms with Crippen molar-refractivity contribution in [3.8, 4) is 10.7 Å². The van der Waals surface area contributed by atoms with Gasteiger partial charge in [0.2, 0.25) is 27.6 Å². The zero-order valence-electron chi connectivity index (χ0n) is 13.4. The van der Waals surface area contributed by atoms with E-state index >= 15 is 0 Å². The summed E-state index contributed by atoms with van der Waals surface area (Å²) in [5.74, 6) is 0.717. The van der Waals surface area contributed by atoms with Crippen LogP contribution >= 0.6 is 11.3 Å². The zero-order chi connectivity index (χ0) is 18.1. The molecule has 0 atom stereocenters. The van der Waals surface area contributed by atoms with E-state index in [-0.39, 0.29) is 30.2 Å². The van der Waals surface area contributed by atoms with Gasteiger partial charge >= 0.3 is 0 Å². The highest BCUT2D eigenvalue weighted by atomic mass is 32.2. The highest BCUT2D eigenvalue weighted by Crippen LogP contribution is 2.25. The van der Waals surface area contributed by atoms with E-state index in [4.69, 9.17) is 4.52 Å². The molecular formula is C16H14N4O4S2. The summed E-state index contributed by atoms with van der Waals surface area (Å²) < 4.78 is 32.5. The number of rotatable bonds is 6. The Morgan fingerprint density at radius 1 is 1.31 bits per heavy atom. The summed E-state index contributed by atoms with van der Waals surface area (Å²) in [6, 6.07) is 8.35. The molecule has 1 aliphatic heterocycles. The molecule has 26 heavy (non-hydrogen) atoms. The maximum absolute atomic E-state index is 12.4. The van der Waals surface area contributed by atoms with Crippen LogP contribution in [-0.2, 0) is 27.7 Å². The highest BCUT2D eigenvalue weighted by molar-refractivity contribution is 7.89.